The molecule has 1 aliphatic heterocycles. The lowest BCUT2D eigenvalue weighted by Crippen LogP contribution is -2.60. The first kappa shape index (κ1) is 16.9. The molecule has 0 bridgehead atoms. The van der Waals surface area contributed by atoms with Crippen molar-refractivity contribution in [2.24, 2.45) is 0 Å². The first-order chi connectivity index (χ1) is 11.5. The number of ether oxygens (including phenoxy) is 2. The summed E-state index contributed by atoms with van der Waals surface area (Å²) in [5, 5.41) is 43.3. The van der Waals surface area contributed by atoms with Gasteiger partial charge in [-0.15, -0.1) is 0 Å². The Labute approximate surface area is 138 Å². The Hall–Kier alpha value is -1.97. The van der Waals surface area contributed by atoms with Crippen molar-refractivity contribution in [2.45, 2.75) is 37.6 Å². The van der Waals surface area contributed by atoms with E-state index < -0.39 is 37.3 Å². The molecule has 4 N–H and O–H groups in total. The van der Waals surface area contributed by atoms with Crippen LogP contribution in [0.5, 0.6) is 5.88 Å². The third-order valence-corrected chi connectivity index (χ3v) is 3.88. The van der Waals surface area contributed by atoms with Crippen molar-refractivity contribution in [3.05, 3.63) is 42.1 Å². The molecule has 0 radical (unpaired) electrons. The fourth-order valence-electron chi connectivity index (χ4n) is 2.60. The van der Waals surface area contributed by atoms with Gasteiger partial charge in [0.15, 0.2) is 0 Å². The first-order valence-electron chi connectivity index (χ1n) is 7.60. The first-order valence-corrected chi connectivity index (χ1v) is 7.60. The van der Waals surface area contributed by atoms with E-state index in [0.29, 0.717) is 11.6 Å². The predicted octanol–water partition coefficient (Wildman–Crippen LogP) is -0.641. The van der Waals surface area contributed by atoms with E-state index >= 15 is 0 Å². The Morgan fingerprint density at radius 1 is 1.12 bits per heavy atom. The molecule has 3 rings (SSSR count). The highest BCUT2D eigenvalue weighted by atomic mass is 16.7. The van der Waals surface area contributed by atoms with Gasteiger partial charge in [0.25, 0.3) is 0 Å². The lowest BCUT2D eigenvalue weighted by Gasteiger charge is -2.39. The van der Waals surface area contributed by atoms with Crippen LogP contribution in [0.4, 0.5) is 0 Å². The SMILES string of the molecule is Cc1cc(OC2O[C@H](CO)[C@H](O)[C@H](O)[C@H]2O)n(-c2ccccc2)n1. The number of nitrogens with zero attached hydrogens (tertiary/aromatic N) is 2. The van der Waals surface area contributed by atoms with E-state index in [1.165, 1.54) is 4.68 Å². The molecule has 1 aromatic carbocycles. The molecular weight excluding hydrogens is 316 g/mol. The maximum absolute atomic E-state index is 10.1. The lowest BCUT2D eigenvalue weighted by atomic mass is 9.99. The van der Waals surface area contributed by atoms with Gasteiger partial charge in [-0.3, -0.25) is 0 Å². The number of aryl methyl sites for hydroxylation is 1. The summed E-state index contributed by atoms with van der Waals surface area (Å²) in [4.78, 5) is 0. The minimum atomic E-state index is -1.49. The topological polar surface area (TPSA) is 117 Å². The molecule has 1 saturated heterocycles. The summed E-state index contributed by atoms with van der Waals surface area (Å²) in [5.74, 6) is 0.308. The molecule has 8 nitrogen and oxygen atoms in total. The highest BCUT2D eigenvalue weighted by molar-refractivity contribution is 5.35. The summed E-state index contributed by atoms with van der Waals surface area (Å²) in [5.41, 5.74) is 1.45. The molecule has 5 atom stereocenters. The Kier molecular flexibility index (Phi) is 4.83. The van der Waals surface area contributed by atoms with E-state index in [9.17, 15) is 20.4 Å². The van der Waals surface area contributed by atoms with Gasteiger partial charge in [-0.1, -0.05) is 18.2 Å². The second kappa shape index (κ2) is 6.88. The zero-order chi connectivity index (χ0) is 17.3. The van der Waals surface area contributed by atoms with E-state index in [-0.39, 0.29) is 0 Å². The predicted molar refractivity (Wildman–Crippen MR) is 82.7 cm³/mol. The molecule has 1 fully saturated rings. The zero-order valence-corrected chi connectivity index (χ0v) is 13.1. The standard InChI is InChI=1S/C16H20N2O6/c1-9-7-12(18(17-9)10-5-3-2-4-6-10)24-16-15(22)14(21)13(20)11(8-19)23-16/h2-7,11,13-16,19-22H,8H2,1H3/t11-,13+,14+,15-,16?/m1/s1. The summed E-state index contributed by atoms with van der Waals surface area (Å²) in [6.45, 7) is 1.28. The molecular formula is C16H20N2O6. The van der Waals surface area contributed by atoms with Gasteiger partial charge in [0.1, 0.15) is 24.4 Å². The second-order valence-electron chi connectivity index (χ2n) is 5.69. The normalized spacial score (nSPS) is 30.3. The molecule has 2 heterocycles. The van der Waals surface area contributed by atoms with Crippen LogP contribution in [0.25, 0.3) is 5.69 Å². The van der Waals surface area contributed by atoms with Crippen LogP contribution in [0.15, 0.2) is 36.4 Å². The van der Waals surface area contributed by atoms with Crippen LogP contribution in [0.2, 0.25) is 0 Å². The van der Waals surface area contributed by atoms with Gasteiger partial charge in [-0.05, 0) is 19.1 Å². The van der Waals surface area contributed by atoms with Crippen LogP contribution in [0.3, 0.4) is 0 Å². The number of rotatable bonds is 4. The number of benzene rings is 1. The molecule has 0 saturated carbocycles. The Morgan fingerprint density at radius 3 is 2.50 bits per heavy atom. The van der Waals surface area contributed by atoms with E-state index in [4.69, 9.17) is 9.47 Å². The average Bonchev–Trinajstić information content (AvgIpc) is 2.96. The van der Waals surface area contributed by atoms with E-state index in [1.54, 1.807) is 13.0 Å². The van der Waals surface area contributed by atoms with Crippen LogP contribution < -0.4 is 4.74 Å². The number of hydrogen-bond acceptors (Lipinski definition) is 7. The van der Waals surface area contributed by atoms with E-state index in [2.05, 4.69) is 5.10 Å². The van der Waals surface area contributed by atoms with E-state index in [0.717, 1.165) is 5.69 Å². The summed E-state index contributed by atoms with van der Waals surface area (Å²) in [6, 6.07) is 10.9. The number of aromatic nitrogens is 2. The third kappa shape index (κ3) is 3.14. The fourth-order valence-corrected chi connectivity index (χ4v) is 2.60. The van der Waals surface area contributed by atoms with Gasteiger partial charge < -0.3 is 29.9 Å². The van der Waals surface area contributed by atoms with Crippen LogP contribution >= 0.6 is 0 Å². The molecule has 24 heavy (non-hydrogen) atoms. The third-order valence-electron chi connectivity index (χ3n) is 3.88. The molecule has 0 aliphatic carbocycles. The number of hydrogen-bond donors (Lipinski definition) is 4. The molecule has 8 heteroatoms. The van der Waals surface area contributed by atoms with Crippen molar-refractivity contribution in [1.29, 1.82) is 0 Å². The summed E-state index contributed by atoms with van der Waals surface area (Å²) < 4.78 is 12.6. The van der Waals surface area contributed by atoms with Gasteiger partial charge in [-0.25, -0.2) is 4.68 Å². The minimum absolute atomic E-state index is 0.308. The smallest absolute Gasteiger partial charge is 0.231 e. The summed E-state index contributed by atoms with van der Waals surface area (Å²) in [7, 11) is 0. The molecule has 1 aromatic heterocycles. The van der Waals surface area contributed by atoms with Crippen molar-refractivity contribution in [3.63, 3.8) is 0 Å². The summed E-state index contributed by atoms with van der Waals surface area (Å²) >= 11 is 0. The maximum atomic E-state index is 10.1. The Balaban J connectivity index is 1.86. The maximum Gasteiger partial charge on any atom is 0.231 e. The monoisotopic (exact) mass is 336 g/mol. The average molecular weight is 336 g/mol. The van der Waals surface area contributed by atoms with Crippen molar-refractivity contribution >= 4 is 0 Å². The Morgan fingerprint density at radius 2 is 1.83 bits per heavy atom. The quantitative estimate of drug-likeness (QED) is 0.587. The van der Waals surface area contributed by atoms with Gasteiger partial charge in [0.05, 0.1) is 18.0 Å². The molecule has 1 unspecified atom stereocenters. The van der Waals surface area contributed by atoms with Crippen LogP contribution in [-0.2, 0) is 4.74 Å². The van der Waals surface area contributed by atoms with Crippen molar-refractivity contribution in [1.82, 2.24) is 9.78 Å². The molecule has 130 valence electrons. The van der Waals surface area contributed by atoms with Crippen LogP contribution in [0.1, 0.15) is 5.69 Å². The second-order valence-corrected chi connectivity index (χ2v) is 5.69. The summed E-state index contributed by atoms with van der Waals surface area (Å²) in [6.07, 6.45) is -6.66. The van der Waals surface area contributed by atoms with Gasteiger partial charge in [-0.2, -0.15) is 5.10 Å². The largest absolute Gasteiger partial charge is 0.445 e. The highest BCUT2D eigenvalue weighted by Gasteiger charge is 2.45. The lowest BCUT2D eigenvalue weighted by molar-refractivity contribution is -0.278. The van der Waals surface area contributed by atoms with Gasteiger partial charge in [0.2, 0.25) is 12.2 Å². The van der Waals surface area contributed by atoms with Gasteiger partial charge in [0, 0.05) is 6.07 Å². The molecule has 1 aliphatic rings. The van der Waals surface area contributed by atoms with Crippen LogP contribution in [0, 0.1) is 6.92 Å². The fraction of sp³-hybridized carbons (Fsp3) is 0.438. The molecule has 0 spiro atoms. The number of aliphatic hydroxyl groups is 4. The molecule has 2 aromatic rings. The van der Waals surface area contributed by atoms with Crippen LogP contribution in [-0.4, -0.2) is 67.5 Å². The molecule has 0 amide bonds. The minimum Gasteiger partial charge on any atom is -0.445 e. The number of para-hydroxylation sites is 1. The zero-order valence-electron chi connectivity index (χ0n) is 13.1. The highest BCUT2D eigenvalue weighted by Crippen LogP contribution is 2.26. The van der Waals surface area contributed by atoms with Gasteiger partial charge >= 0.3 is 0 Å². The van der Waals surface area contributed by atoms with Crippen molar-refractivity contribution in [2.75, 3.05) is 6.61 Å². The van der Waals surface area contributed by atoms with E-state index in [1.807, 2.05) is 30.3 Å². The van der Waals surface area contributed by atoms with Crippen molar-refractivity contribution in [3.8, 4) is 11.6 Å². The number of aliphatic hydroxyl groups excluding tert-OH is 4. The van der Waals surface area contributed by atoms with Crippen molar-refractivity contribution < 1.29 is 29.9 Å². The Bertz CT molecular complexity index is 674.